The number of allylic oxidation sites excluding steroid dienone is 2. The van der Waals surface area contributed by atoms with E-state index in [9.17, 15) is 18.0 Å². The molecule has 206 valence electrons. The summed E-state index contributed by atoms with van der Waals surface area (Å²) in [7, 11) is -3.08. The van der Waals surface area contributed by atoms with Gasteiger partial charge in [-0.15, -0.1) is 0 Å². The SMILES string of the molecule is CCOc1ccc(C2=NN(c3ccc(C(=O)N4CCS(=O)(=O)CC4)cc3)C(=O)[C@@H]3CC=CC[C@H]23)cc1OCC. The van der Waals surface area contributed by atoms with Crippen LogP contribution in [0.5, 0.6) is 11.5 Å². The van der Waals surface area contributed by atoms with E-state index in [2.05, 4.69) is 6.08 Å². The van der Waals surface area contributed by atoms with Crippen molar-refractivity contribution in [1.82, 2.24) is 4.90 Å². The minimum atomic E-state index is -3.08. The highest BCUT2D eigenvalue weighted by molar-refractivity contribution is 7.91. The van der Waals surface area contributed by atoms with Crippen LogP contribution in [0.2, 0.25) is 0 Å². The van der Waals surface area contributed by atoms with E-state index in [1.807, 2.05) is 38.1 Å². The Labute approximate surface area is 229 Å². The Morgan fingerprint density at radius 2 is 1.56 bits per heavy atom. The molecule has 1 fully saturated rings. The van der Waals surface area contributed by atoms with Crippen molar-refractivity contribution in [1.29, 1.82) is 0 Å². The van der Waals surface area contributed by atoms with Crippen LogP contribution in [0.1, 0.15) is 42.6 Å². The molecule has 10 heteroatoms. The second-order valence-electron chi connectivity index (χ2n) is 9.81. The largest absolute Gasteiger partial charge is 0.490 e. The predicted molar refractivity (Wildman–Crippen MR) is 149 cm³/mol. The molecule has 9 nitrogen and oxygen atoms in total. The monoisotopic (exact) mass is 551 g/mol. The van der Waals surface area contributed by atoms with Crippen molar-refractivity contribution in [3.63, 3.8) is 0 Å². The number of carbonyl (C=O) groups excluding carboxylic acids is 2. The number of hydrogen-bond acceptors (Lipinski definition) is 7. The van der Waals surface area contributed by atoms with Crippen LogP contribution >= 0.6 is 0 Å². The molecule has 2 aliphatic heterocycles. The first kappa shape index (κ1) is 26.9. The molecule has 1 saturated heterocycles. The minimum Gasteiger partial charge on any atom is -0.490 e. The number of rotatable bonds is 7. The third kappa shape index (κ3) is 5.56. The van der Waals surface area contributed by atoms with Crippen molar-refractivity contribution in [2.24, 2.45) is 16.9 Å². The maximum atomic E-state index is 13.6. The number of carbonyl (C=O) groups is 2. The van der Waals surface area contributed by atoms with Gasteiger partial charge in [-0.3, -0.25) is 9.59 Å². The van der Waals surface area contributed by atoms with Gasteiger partial charge in [-0.1, -0.05) is 12.2 Å². The lowest BCUT2D eigenvalue weighted by Gasteiger charge is -2.37. The molecule has 0 bridgehead atoms. The van der Waals surface area contributed by atoms with E-state index in [-0.39, 0.29) is 48.2 Å². The molecule has 3 aliphatic rings. The minimum absolute atomic E-state index is 0.0237. The van der Waals surface area contributed by atoms with E-state index >= 15 is 0 Å². The summed E-state index contributed by atoms with van der Waals surface area (Å²) in [4.78, 5) is 28.1. The lowest BCUT2D eigenvalue weighted by atomic mass is 9.76. The molecule has 0 spiro atoms. The first-order chi connectivity index (χ1) is 18.8. The fraction of sp³-hybridized carbons (Fsp3) is 0.414. The van der Waals surface area contributed by atoms with Crippen LogP contribution in [-0.4, -0.2) is 68.7 Å². The van der Waals surface area contributed by atoms with Crippen LogP contribution in [-0.2, 0) is 14.6 Å². The summed E-state index contributed by atoms with van der Waals surface area (Å²) in [5, 5.41) is 6.29. The summed E-state index contributed by atoms with van der Waals surface area (Å²) < 4.78 is 35.0. The quantitative estimate of drug-likeness (QED) is 0.486. The third-order valence-electron chi connectivity index (χ3n) is 7.35. The van der Waals surface area contributed by atoms with E-state index < -0.39 is 9.84 Å². The van der Waals surface area contributed by atoms with Gasteiger partial charge in [0.25, 0.3) is 11.8 Å². The lowest BCUT2D eigenvalue weighted by Crippen LogP contribution is -2.45. The fourth-order valence-electron chi connectivity index (χ4n) is 5.29. The Morgan fingerprint density at radius 1 is 0.923 bits per heavy atom. The fourth-order valence-corrected chi connectivity index (χ4v) is 6.49. The Hall–Kier alpha value is -3.66. The number of hydrazone groups is 1. The van der Waals surface area contributed by atoms with Crippen molar-refractivity contribution in [3.8, 4) is 11.5 Å². The zero-order chi connectivity index (χ0) is 27.6. The first-order valence-electron chi connectivity index (χ1n) is 13.4. The molecule has 0 radical (unpaired) electrons. The van der Waals surface area contributed by atoms with E-state index in [1.54, 1.807) is 29.2 Å². The van der Waals surface area contributed by atoms with E-state index in [4.69, 9.17) is 14.6 Å². The topological polar surface area (TPSA) is 106 Å². The van der Waals surface area contributed by atoms with Crippen molar-refractivity contribution in [3.05, 3.63) is 65.7 Å². The molecule has 2 atom stereocenters. The summed E-state index contributed by atoms with van der Waals surface area (Å²) >= 11 is 0. The van der Waals surface area contributed by atoms with Gasteiger partial charge in [-0.2, -0.15) is 5.10 Å². The molecule has 0 N–H and O–H groups in total. The van der Waals surface area contributed by atoms with Gasteiger partial charge in [-0.25, -0.2) is 13.4 Å². The molecule has 5 rings (SSSR count). The third-order valence-corrected chi connectivity index (χ3v) is 8.96. The molecule has 2 aromatic rings. The van der Waals surface area contributed by atoms with E-state index in [0.717, 1.165) is 17.7 Å². The summed E-state index contributed by atoms with van der Waals surface area (Å²) in [6, 6.07) is 12.5. The Morgan fingerprint density at radius 3 is 2.23 bits per heavy atom. The van der Waals surface area contributed by atoms with Crippen LogP contribution in [0, 0.1) is 11.8 Å². The molecule has 0 unspecified atom stereocenters. The highest BCUT2D eigenvalue weighted by Crippen LogP contribution is 2.38. The number of anilines is 1. The van der Waals surface area contributed by atoms with Gasteiger partial charge in [0, 0.05) is 30.1 Å². The summed E-state index contributed by atoms with van der Waals surface area (Å²) in [6.07, 6.45) is 5.50. The standard InChI is InChI=1S/C29H33N3O6S/c1-3-37-25-14-11-21(19-26(25)38-4-2)27-23-7-5-6-8-24(23)29(34)32(30-27)22-12-9-20(10-13-22)28(33)31-15-17-39(35,36)18-16-31/h5-6,9-14,19,23-24H,3-4,7-8,15-18H2,1-2H3/t23-,24+/m0/s1. The molecule has 2 heterocycles. The molecule has 39 heavy (non-hydrogen) atoms. The first-order valence-corrected chi connectivity index (χ1v) is 15.2. The van der Waals surface area contributed by atoms with Crippen LogP contribution in [0.4, 0.5) is 5.69 Å². The van der Waals surface area contributed by atoms with E-state index in [1.165, 1.54) is 5.01 Å². The molecule has 1 aliphatic carbocycles. The molecule has 0 aromatic heterocycles. The number of fused-ring (bicyclic) bond motifs is 1. The summed E-state index contributed by atoms with van der Waals surface area (Å²) in [5.41, 5.74) is 2.69. The normalized spacial score (nSPS) is 22.2. The van der Waals surface area contributed by atoms with Gasteiger partial charge < -0.3 is 14.4 Å². The van der Waals surface area contributed by atoms with Crippen LogP contribution < -0.4 is 14.5 Å². The molecular weight excluding hydrogens is 518 g/mol. The molecular formula is C29H33N3O6S. The number of ether oxygens (including phenoxy) is 2. The lowest BCUT2D eigenvalue weighted by molar-refractivity contribution is -0.123. The van der Waals surface area contributed by atoms with Crippen LogP contribution in [0.25, 0.3) is 0 Å². The van der Waals surface area contributed by atoms with Gasteiger partial charge in [0.15, 0.2) is 21.3 Å². The number of benzene rings is 2. The Kier molecular flexibility index (Phi) is 7.74. The average molecular weight is 552 g/mol. The van der Waals surface area contributed by atoms with Crippen molar-refractivity contribution < 1.29 is 27.5 Å². The Balaban J connectivity index is 1.45. The van der Waals surface area contributed by atoms with Gasteiger partial charge in [0.2, 0.25) is 0 Å². The summed E-state index contributed by atoms with van der Waals surface area (Å²) in [6.45, 7) is 5.23. The Bertz CT molecular complexity index is 1400. The molecule has 0 saturated carbocycles. The zero-order valence-electron chi connectivity index (χ0n) is 22.2. The maximum absolute atomic E-state index is 13.6. The van der Waals surface area contributed by atoms with Gasteiger partial charge in [-0.05, 0) is 69.2 Å². The van der Waals surface area contributed by atoms with Crippen molar-refractivity contribution >= 4 is 33.1 Å². The van der Waals surface area contributed by atoms with Gasteiger partial charge >= 0.3 is 0 Å². The van der Waals surface area contributed by atoms with Crippen molar-refractivity contribution in [2.45, 2.75) is 26.7 Å². The number of nitrogens with zero attached hydrogens (tertiary/aromatic N) is 3. The number of hydrogen-bond donors (Lipinski definition) is 0. The highest BCUT2D eigenvalue weighted by Gasteiger charge is 2.41. The smallest absolute Gasteiger partial charge is 0.253 e. The van der Waals surface area contributed by atoms with E-state index in [0.29, 0.717) is 42.4 Å². The van der Waals surface area contributed by atoms with Crippen LogP contribution in [0.3, 0.4) is 0 Å². The number of sulfone groups is 1. The second-order valence-corrected chi connectivity index (χ2v) is 12.1. The predicted octanol–water partition coefficient (Wildman–Crippen LogP) is 3.69. The zero-order valence-corrected chi connectivity index (χ0v) is 23.0. The van der Waals surface area contributed by atoms with Crippen molar-refractivity contribution in [2.75, 3.05) is 42.8 Å². The second kappa shape index (κ2) is 11.2. The molecule has 2 amide bonds. The van der Waals surface area contributed by atoms with Gasteiger partial charge in [0.05, 0.1) is 42.0 Å². The highest BCUT2D eigenvalue weighted by atomic mass is 32.2. The van der Waals surface area contributed by atoms with Gasteiger partial charge in [0.1, 0.15) is 0 Å². The summed E-state index contributed by atoms with van der Waals surface area (Å²) in [5.74, 6) is 0.654. The maximum Gasteiger partial charge on any atom is 0.253 e. The average Bonchev–Trinajstić information content (AvgIpc) is 2.94. The van der Waals surface area contributed by atoms with Crippen LogP contribution in [0.15, 0.2) is 59.7 Å². The number of amides is 2. The molecule has 2 aromatic carbocycles.